The van der Waals surface area contributed by atoms with Gasteiger partial charge >= 0.3 is 0 Å². The molecule has 2 aliphatic carbocycles. The Morgan fingerprint density at radius 3 is 2.58 bits per heavy atom. The summed E-state index contributed by atoms with van der Waals surface area (Å²) in [6.07, 6.45) is 13.8. The van der Waals surface area contributed by atoms with E-state index in [2.05, 4.69) is 51.9 Å². The first-order valence-corrected chi connectivity index (χ1v) is 14.9. The quantitative estimate of drug-likeness (QED) is 0.292. The maximum atomic E-state index is 12.5. The lowest BCUT2D eigenvalue weighted by Crippen LogP contribution is -2.41. The van der Waals surface area contributed by atoms with Crippen LogP contribution < -0.4 is 10.2 Å². The summed E-state index contributed by atoms with van der Waals surface area (Å²) < 4.78 is 8.30. The van der Waals surface area contributed by atoms with Crippen LogP contribution in [0.4, 0.5) is 11.8 Å². The van der Waals surface area contributed by atoms with E-state index in [1.165, 1.54) is 31.7 Å². The number of carbonyl (C=O) groups excluding carboxylic acids is 1. The molecule has 6 rings (SSSR count). The zero-order valence-electron chi connectivity index (χ0n) is 23.7. The van der Waals surface area contributed by atoms with E-state index < -0.39 is 0 Å². The Morgan fingerprint density at radius 2 is 1.90 bits per heavy atom. The molecule has 0 radical (unpaired) electrons. The molecule has 1 aliphatic heterocycles. The van der Waals surface area contributed by atoms with E-state index in [1.807, 2.05) is 6.07 Å². The van der Waals surface area contributed by atoms with Gasteiger partial charge in [-0.2, -0.15) is 4.98 Å². The number of fused-ring (bicyclic) bond motifs is 1. The fraction of sp³-hybridized carbons (Fsp3) is 0.562. The van der Waals surface area contributed by atoms with Gasteiger partial charge in [-0.1, -0.05) is 36.8 Å². The van der Waals surface area contributed by atoms with Gasteiger partial charge in [-0.3, -0.25) is 4.79 Å². The molecule has 1 saturated heterocycles. The number of nitrogens with zero attached hydrogens (tertiary/aromatic N) is 5. The Bertz CT molecular complexity index is 1380. The molecule has 8 nitrogen and oxygen atoms in total. The van der Waals surface area contributed by atoms with E-state index >= 15 is 0 Å². The average molecular weight is 541 g/mol. The second-order valence-corrected chi connectivity index (χ2v) is 11.8. The number of hydrogen-bond acceptors (Lipinski definition) is 7. The number of ether oxygens (including phenoxy) is 1. The van der Waals surface area contributed by atoms with E-state index in [0.29, 0.717) is 36.6 Å². The van der Waals surface area contributed by atoms with Crippen molar-refractivity contribution >= 4 is 28.7 Å². The molecule has 0 bridgehead atoms. The van der Waals surface area contributed by atoms with Gasteiger partial charge in [0.1, 0.15) is 5.52 Å². The van der Waals surface area contributed by atoms with Gasteiger partial charge in [0.15, 0.2) is 23.1 Å². The van der Waals surface area contributed by atoms with Crippen molar-refractivity contribution in [3.05, 3.63) is 41.7 Å². The lowest BCUT2D eigenvalue weighted by atomic mass is 9.80. The monoisotopic (exact) mass is 540 g/mol. The van der Waals surface area contributed by atoms with Crippen molar-refractivity contribution in [1.82, 2.24) is 19.5 Å². The second kappa shape index (κ2) is 11.6. The van der Waals surface area contributed by atoms with Crippen molar-refractivity contribution < 1.29 is 9.53 Å². The minimum absolute atomic E-state index is 0.0354. The number of Topliss-reactive ketones (excluding diaryl/α,β-unsaturated/α-hetero) is 1. The average Bonchev–Trinajstić information content (AvgIpc) is 3.31. The smallest absolute Gasteiger partial charge is 0.208 e. The molecule has 3 heterocycles. The lowest BCUT2D eigenvalue weighted by Gasteiger charge is -2.37. The molecule has 0 unspecified atom stereocenters. The second-order valence-electron chi connectivity index (χ2n) is 11.8. The third-order valence-electron chi connectivity index (χ3n) is 9.21. The standard InChI is InChI=1S/C32H40N6O2/c1-4-23-13-15-24(16-14-23)19-38-28-30(33-21(2)25-11-8-12-25)34-29(22(3)39)35-31(28)36-32(38)37-17-18-40-20-27(37)26-9-6-5-7-10-26/h1,5-7,9-10,21,23-25,27H,8,11-20H2,2-3H3,(H,33,34,35)/t21-,23-,24-,27+/m1/s1. The number of anilines is 2. The summed E-state index contributed by atoms with van der Waals surface area (Å²) in [4.78, 5) is 29.5. The fourth-order valence-corrected chi connectivity index (χ4v) is 6.51. The molecule has 40 heavy (non-hydrogen) atoms. The van der Waals surface area contributed by atoms with Gasteiger partial charge in [-0.25, -0.2) is 9.97 Å². The first kappa shape index (κ1) is 26.8. The highest BCUT2D eigenvalue weighted by molar-refractivity contribution is 5.95. The molecule has 2 aromatic heterocycles. The largest absolute Gasteiger partial charge is 0.377 e. The number of carbonyl (C=O) groups is 1. The Kier molecular flexibility index (Phi) is 7.75. The molecule has 3 fully saturated rings. The molecule has 0 spiro atoms. The summed E-state index contributed by atoms with van der Waals surface area (Å²) in [5.41, 5.74) is 2.67. The predicted octanol–water partition coefficient (Wildman–Crippen LogP) is 5.65. The van der Waals surface area contributed by atoms with Crippen molar-refractivity contribution in [2.24, 2.45) is 17.8 Å². The number of morpholine rings is 1. The molecule has 2 saturated carbocycles. The summed E-state index contributed by atoms with van der Waals surface area (Å²) in [5, 5.41) is 3.70. The van der Waals surface area contributed by atoms with Gasteiger partial charge in [0.05, 0.1) is 19.3 Å². The van der Waals surface area contributed by atoms with E-state index in [9.17, 15) is 4.79 Å². The molecule has 1 N–H and O–H groups in total. The lowest BCUT2D eigenvalue weighted by molar-refractivity contribution is 0.0927. The highest BCUT2D eigenvalue weighted by atomic mass is 16.5. The topological polar surface area (TPSA) is 85.2 Å². The third kappa shape index (κ3) is 5.32. The van der Waals surface area contributed by atoms with Crippen LogP contribution in [0.5, 0.6) is 0 Å². The molecule has 2 atom stereocenters. The van der Waals surface area contributed by atoms with Gasteiger partial charge in [-0.05, 0) is 62.8 Å². The number of ketones is 1. The van der Waals surface area contributed by atoms with Crippen molar-refractivity contribution in [3.63, 3.8) is 0 Å². The predicted molar refractivity (Wildman–Crippen MR) is 157 cm³/mol. The number of hydrogen-bond donors (Lipinski definition) is 1. The van der Waals surface area contributed by atoms with Crippen molar-refractivity contribution in [3.8, 4) is 12.3 Å². The number of terminal acetylenes is 1. The Morgan fingerprint density at radius 1 is 1.12 bits per heavy atom. The van der Waals surface area contributed by atoms with Crippen LogP contribution in [0.2, 0.25) is 0 Å². The SMILES string of the molecule is C#C[C@H]1CC[C@H](Cn2c(N3CCOC[C@H]3c3ccccc3)nc3nc(C(C)=O)nc(N[C@H](C)C4CCC4)c32)CC1. The number of imidazole rings is 1. The van der Waals surface area contributed by atoms with Crippen LogP contribution in [0.15, 0.2) is 30.3 Å². The summed E-state index contributed by atoms with van der Waals surface area (Å²) >= 11 is 0. The first-order valence-electron chi connectivity index (χ1n) is 14.9. The zero-order chi connectivity index (χ0) is 27.6. The van der Waals surface area contributed by atoms with Gasteiger partial charge in [-0.15, -0.1) is 12.3 Å². The minimum atomic E-state index is -0.154. The van der Waals surface area contributed by atoms with E-state index in [4.69, 9.17) is 26.1 Å². The van der Waals surface area contributed by atoms with Crippen LogP contribution in [0, 0.1) is 30.1 Å². The van der Waals surface area contributed by atoms with Gasteiger partial charge in [0, 0.05) is 32.0 Å². The third-order valence-corrected chi connectivity index (χ3v) is 9.21. The normalized spacial score (nSPS) is 24.3. The van der Waals surface area contributed by atoms with E-state index in [0.717, 1.165) is 56.1 Å². The minimum Gasteiger partial charge on any atom is -0.377 e. The number of nitrogens with one attached hydrogen (secondary N) is 1. The van der Waals surface area contributed by atoms with Crippen molar-refractivity contribution in [2.45, 2.75) is 77.4 Å². The fourth-order valence-electron chi connectivity index (χ4n) is 6.51. The summed E-state index contributed by atoms with van der Waals surface area (Å²) in [6, 6.07) is 10.8. The van der Waals surface area contributed by atoms with Crippen LogP contribution in [-0.2, 0) is 11.3 Å². The Labute approximate surface area is 236 Å². The summed E-state index contributed by atoms with van der Waals surface area (Å²) in [5.74, 6) is 6.09. The summed E-state index contributed by atoms with van der Waals surface area (Å²) in [6.45, 7) is 6.51. The Balaban J connectivity index is 1.46. The van der Waals surface area contributed by atoms with Crippen LogP contribution in [0.25, 0.3) is 11.2 Å². The molecule has 3 aliphatic rings. The molecule has 210 valence electrons. The first-order chi connectivity index (χ1) is 19.5. The molecule has 1 aromatic carbocycles. The zero-order valence-corrected chi connectivity index (χ0v) is 23.7. The van der Waals surface area contributed by atoms with Gasteiger partial charge < -0.3 is 19.5 Å². The molecular formula is C32H40N6O2. The molecular weight excluding hydrogens is 500 g/mol. The molecule has 0 amide bonds. The highest BCUT2D eigenvalue weighted by Gasteiger charge is 2.33. The van der Waals surface area contributed by atoms with Gasteiger partial charge in [0.2, 0.25) is 5.95 Å². The van der Waals surface area contributed by atoms with Crippen molar-refractivity contribution in [2.75, 3.05) is 30.0 Å². The Hall–Kier alpha value is -3.44. The van der Waals surface area contributed by atoms with Crippen LogP contribution in [0.1, 0.15) is 81.0 Å². The maximum Gasteiger partial charge on any atom is 0.208 e. The van der Waals surface area contributed by atoms with Gasteiger partial charge in [0.25, 0.3) is 0 Å². The highest BCUT2D eigenvalue weighted by Crippen LogP contribution is 2.38. The van der Waals surface area contributed by atoms with Crippen LogP contribution in [0.3, 0.4) is 0 Å². The summed E-state index contributed by atoms with van der Waals surface area (Å²) in [7, 11) is 0. The molecule has 8 heteroatoms. The van der Waals surface area contributed by atoms with Crippen molar-refractivity contribution in [1.29, 1.82) is 0 Å². The van der Waals surface area contributed by atoms with E-state index in [-0.39, 0.29) is 23.7 Å². The maximum absolute atomic E-state index is 12.5. The molecule has 3 aromatic rings. The van der Waals surface area contributed by atoms with E-state index in [1.54, 1.807) is 0 Å². The van der Waals surface area contributed by atoms with Crippen LogP contribution >= 0.6 is 0 Å². The number of rotatable bonds is 8. The number of aromatic nitrogens is 4. The number of benzene rings is 1. The van der Waals surface area contributed by atoms with Crippen LogP contribution in [-0.4, -0.2) is 51.1 Å².